The molecule has 0 unspecified atom stereocenters. The first-order valence-corrected chi connectivity index (χ1v) is 11.2. The van der Waals surface area contributed by atoms with E-state index in [2.05, 4.69) is 10.6 Å². The molecule has 3 aromatic carbocycles. The Kier molecular flexibility index (Phi) is 6.52. The van der Waals surface area contributed by atoms with Gasteiger partial charge in [-0.3, -0.25) is 9.59 Å². The van der Waals surface area contributed by atoms with E-state index >= 15 is 0 Å². The molecule has 8 heteroatoms. The Labute approximate surface area is 202 Å². The van der Waals surface area contributed by atoms with Crippen LogP contribution in [-0.2, 0) is 9.59 Å². The van der Waals surface area contributed by atoms with E-state index in [4.69, 9.17) is 5.26 Å². The van der Waals surface area contributed by atoms with Gasteiger partial charge in [0.2, 0.25) is 11.8 Å². The molecule has 0 spiro atoms. The van der Waals surface area contributed by atoms with Crippen LogP contribution in [0.5, 0.6) is 0 Å². The van der Waals surface area contributed by atoms with E-state index in [0.717, 1.165) is 28.8 Å². The van der Waals surface area contributed by atoms with Crippen LogP contribution in [0.2, 0.25) is 0 Å². The van der Waals surface area contributed by atoms with Crippen molar-refractivity contribution in [1.29, 1.82) is 5.26 Å². The van der Waals surface area contributed by atoms with Crippen molar-refractivity contribution in [2.45, 2.75) is 39.3 Å². The van der Waals surface area contributed by atoms with Gasteiger partial charge < -0.3 is 15.5 Å². The van der Waals surface area contributed by atoms with Crippen molar-refractivity contribution in [3.8, 4) is 17.2 Å². The fourth-order valence-electron chi connectivity index (χ4n) is 4.60. The molecule has 6 nitrogen and oxygen atoms in total. The molecule has 2 amide bonds. The summed E-state index contributed by atoms with van der Waals surface area (Å²) in [5.41, 5.74) is 3.47. The largest absolute Gasteiger partial charge is 0.378 e. The first kappa shape index (κ1) is 23.9. The van der Waals surface area contributed by atoms with Crippen molar-refractivity contribution in [2.24, 2.45) is 0 Å². The summed E-state index contributed by atoms with van der Waals surface area (Å²) in [4.78, 5) is 25.6. The number of carbonyl (C=O) groups excluding carboxylic acids is 2. The van der Waals surface area contributed by atoms with Crippen LogP contribution in [0.3, 0.4) is 0 Å². The molecule has 3 aromatic rings. The molecular formula is C27H24F2N4O2. The maximum absolute atomic E-state index is 14.2. The zero-order valence-corrected chi connectivity index (χ0v) is 19.5. The molecule has 35 heavy (non-hydrogen) atoms. The van der Waals surface area contributed by atoms with Crippen LogP contribution < -0.4 is 15.5 Å². The Morgan fingerprint density at radius 3 is 2.31 bits per heavy atom. The number of nitrogens with one attached hydrogen (secondary N) is 2. The van der Waals surface area contributed by atoms with Crippen molar-refractivity contribution in [2.75, 3.05) is 15.5 Å². The molecule has 0 aliphatic carbocycles. The Hall–Kier alpha value is -4.25. The molecule has 1 heterocycles. The number of benzene rings is 3. The molecular weight excluding hydrogens is 450 g/mol. The summed E-state index contributed by atoms with van der Waals surface area (Å²) in [5.74, 6) is -2.15. The van der Waals surface area contributed by atoms with E-state index in [1.54, 1.807) is 11.0 Å². The third-order valence-electron chi connectivity index (χ3n) is 6.03. The summed E-state index contributed by atoms with van der Waals surface area (Å²) in [5, 5.41) is 14.9. The van der Waals surface area contributed by atoms with Crippen LogP contribution in [0, 0.1) is 23.0 Å². The lowest BCUT2D eigenvalue weighted by Crippen LogP contribution is -2.43. The molecule has 2 atom stereocenters. The second-order valence-corrected chi connectivity index (χ2v) is 8.63. The highest BCUT2D eigenvalue weighted by molar-refractivity contribution is 5.94. The highest BCUT2D eigenvalue weighted by atomic mass is 19.1. The molecule has 178 valence electrons. The highest BCUT2D eigenvalue weighted by Gasteiger charge is 2.33. The minimum absolute atomic E-state index is 0.104. The number of hydrogen-bond donors (Lipinski definition) is 2. The minimum atomic E-state index is -0.937. The van der Waals surface area contributed by atoms with E-state index in [9.17, 15) is 18.4 Å². The van der Waals surface area contributed by atoms with Gasteiger partial charge in [0.25, 0.3) is 0 Å². The smallest absolute Gasteiger partial charge is 0.224 e. The molecule has 1 aliphatic heterocycles. The highest BCUT2D eigenvalue weighted by Crippen LogP contribution is 2.41. The van der Waals surface area contributed by atoms with Gasteiger partial charge in [0.1, 0.15) is 23.3 Å². The maximum atomic E-state index is 14.2. The minimum Gasteiger partial charge on any atom is -0.378 e. The Morgan fingerprint density at radius 1 is 1.00 bits per heavy atom. The third-order valence-corrected chi connectivity index (χ3v) is 6.03. The van der Waals surface area contributed by atoms with Crippen molar-refractivity contribution in [3.05, 3.63) is 77.4 Å². The second kappa shape index (κ2) is 9.55. The molecule has 0 saturated carbocycles. The lowest BCUT2D eigenvalue weighted by Gasteiger charge is -2.39. The van der Waals surface area contributed by atoms with Crippen LogP contribution in [0.25, 0.3) is 11.1 Å². The lowest BCUT2D eigenvalue weighted by molar-refractivity contribution is -0.117. The van der Waals surface area contributed by atoms with Gasteiger partial charge in [-0.25, -0.2) is 8.78 Å². The van der Waals surface area contributed by atoms with Gasteiger partial charge >= 0.3 is 0 Å². The zero-order valence-electron chi connectivity index (χ0n) is 19.5. The average molecular weight is 475 g/mol. The van der Waals surface area contributed by atoms with Crippen LogP contribution in [0.1, 0.15) is 44.4 Å². The summed E-state index contributed by atoms with van der Waals surface area (Å²) in [6, 6.07) is 16.3. The zero-order chi connectivity index (χ0) is 25.3. The monoisotopic (exact) mass is 474 g/mol. The third kappa shape index (κ3) is 4.85. The van der Waals surface area contributed by atoms with Gasteiger partial charge in [-0.1, -0.05) is 18.2 Å². The quantitative estimate of drug-likeness (QED) is 0.504. The summed E-state index contributed by atoms with van der Waals surface area (Å²) in [6.45, 7) is 4.86. The summed E-state index contributed by atoms with van der Waals surface area (Å²) in [7, 11) is 0. The number of hydrogen-bond acceptors (Lipinski definition) is 4. The van der Waals surface area contributed by atoms with Gasteiger partial charge in [0.05, 0.1) is 6.04 Å². The van der Waals surface area contributed by atoms with E-state index in [0.29, 0.717) is 17.8 Å². The number of carbonyl (C=O) groups is 2. The molecule has 0 bridgehead atoms. The lowest BCUT2D eigenvalue weighted by atomic mass is 9.88. The van der Waals surface area contributed by atoms with Crippen LogP contribution in [0.15, 0.2) is 54.6 Å². The average Bonchev–Trinajstić information content (AvgIpc) is 2.78. The fourth-order valence-corrected chi connectivity index (χ4v) is 4.60. The van der Waals surface area contributed by atoms with Gasteiger partial charge in [-0.05, 0) is 66.4 Å². The van der Waals surface area contributed by atoms with E-state index in [1.807, 2.05) is 43.3 Å². The van der Waals surface area contributed by atoms with Gasteiger partial charge in [-0.2, -0.15) is 5.26 Å². The number of halogens is 2. The number of anilines is 3. The molecule has 1 aliphatic rings. The van der Waals surface area contributed by atoms with Crippen LogP contribution >= 0.6 is 0 Å². The molecule has 0 radical (unpaired) electrons. The number of nitrogens with zero attached hydrogens (tertiary/aromatic N) is 2. The summed E-state index contributed by atoms with van der Waals surface area (Å²) in [6.07, 6.45) is 0.505. The van der Waals surface area contributed by atoms with Crippen LogP contribution in [-0.4, -0.2) is 17.9 Å². The number of rotatable bonds is 4. The predicted molar refractivity (Wildman–Crippen MR) is 131 cm³/mol. The van der Waals surface area contributed by atoms with Crippen molar-refractivity contribution in [3.63, 3.8) is 0 Å². The summed E-state index contributed by atoms with van der Waals surface area (Å²) < 4.78 is 28.5. The maximum Gasteiger partial charge on any atom is 0.224 e. The normalized spacial score (nSPS) is 16.7. The molecule has 0 saturated heterocycles. The van der Waals surface area contributed by atoms with E-state index in [-0.39, 0.29) is 29.6 Å². The van der Waals surface area contributed by atoms with E-state index < -0.39 is 17.2 Å². The van der Waals surface area contributed by atoms with Crippen LogP contribution in [0.4, 0.5) is 25.8 Å². The van der Waals surface area contributed by atoms with Gasteiger partial charge in [-0.15, -0.1) is 0 Å². The Morgan fingerprint density at radius 2 is 1.69 bits per heavy atom. The predicted octanol–water partition coefficient (Wildman–Crippen LogP) is 5.76. The molecule has 0 fully saturated rings. The second-order valence-electron chi connectivity index (χ2n) is 8.63. The summed E-state index contributed by atoms with van der Waals surface area (Å²) >= 11 is 0. The van der Waals surface area contributed by atoms with Crippen molar-refractivity contribution in [1.82, 2.24) is 0 Å². The SMILES string of the molecule is CC(=O)Nc1cccc(-c2ccc3c(c2)[C@H](Nc2cc(F)c(C#N)c(F)c2)C[C@H](C)N3C(C)=O)c1. The van der Waals surface area contributed by atoms with Gasteiger partial charge in [0.15, 0.2) is 0 Å². The van der Waals surface area contributed by atoms with Gasteiger partial charge in [0, 0.05) is 37.0 Å². The standard InChI is InChI=1S/C27H24F2N4O2/c1-15-9-26(32-21-12-24(28)23(14-30)25(29)13-21)22-11-19(7-8-27(22)33(15)17(3)35)18-5-4-6-20(10-18)31-16(2)34/h4-8,10-13,15,26,32H,9H2,1-3H3,(H,31,34)/t15-,26+/m0/s1. The fraction of sp³-hybridized carbons (Fsp3) is 0.222. The van der Waals surface area contributed by atoms with E-state index in [1.165, 1.54) is 19.9 Å². The van der Waals surface area contributed by atoms with Crippen molar-refractivity contribution < 1.29 is 18.4 Å². The first-order valence-electron chi connectivity index (χ1n) is 11.2. The first-order chi connectivity index (χ1) is 16.7. The number of nitriles is 1. The topological polar surface area (TPSA) is 85.2 Å². The molecule has 2 N–H and O–H groups in total. The Bertz CT molecular complexity index is 1340. The molecule has 4 rings (SSSR count). The number of amides is 2. The molecule has 0 aromatic heterocycles. The van der Waals surface area contributed by atoms with Crippen molar-refractivity contribution >= 4 is 28.9 Å². The number of fused-ring (bicyclic) bond motifs is 1. The Balaban J connectivity index is 1.77.